The molecule has 0 bridgehead atoms. The Morgan fingerprint density at radius 1 is 1.83 bits per heavy atom. The third-order valence-electron chi connectivity index (χ3n) is 1.24. The summed E-state index contributed by atoms with van der Waals surface area (Å²) >= 11 is 2.89. The maximum Gasteiger partial charge on any atom is 0.0852 e. The number of hydrogen-bond donors (Lipinski definition) is 1. The van der Waals surface area contributed by atoms with Gasteiger partial charge in [-0.25, -0.2) is 0 Å². The molecule has 1 aromatic rings. The monoisotopic (exact) mass is 236 g/mol. The first-order chi connectivity index (χ1) is 9.71. The van der Waals surface area contributed by atoms with Crippen molar-refractivity contribution in [2.45, 2.75) is 18.8 Å². The minimum Gasteiger partial charge on any atom is -0.310 e. The average Bonchev–Trinajstić information content (AvgIpc) is 2.42. The topological polar surface area (TPSA) is 24.9 Å². The summed E-state index contributed by atoms with van der Waals surface area (Å²) < 4.78 is 77.6. The van der Waals surface area contributed by atoms with E-state index in [0.29, 0.717) is 0 Å². The van der Waals surface area contributed by atoms with Crippen LogP contribution in [-0.2, 0) is 0 Å². The van der Waals surface area contributed by atoms with Crippen LogP contribution in [0.1, 0.15) is 38.0 Å². The van der Waals surface area contributed by atoms with Gasteiger partial charge in [0.1, 0.15) is 0 Å². The van der Waals surface area contributed by atoms with Crippen molar-refractivity contribution in [3.05, 3.63) is 28.4 Å². The molecule has 1 fully saturated rings. The number of aromatic nitrogens is 1. The lowest BCUT2D eigenvalue weighted by molar-refractivity contribution is 0.644. The van der Waals surface area contributed by atoms with Gasteiger partial charge in [0.25, 0.3) is 0 Å². The number of nitrogens with one attached hydrogen (secondary N) is 1. The summed E-state index contributed by atoms with van der Waals surface area (Å²) in [5, 5.41) is 1.92. The number of hydrogen-bond acceptors (Lipinski definition) is 2. The van der Waals surface area contributed by atoms with E-state index in [1.54, 1.807) is 0 Å². The molecule has 0 aromatic carbocycles. The first-order valence-corrected chi connectivity index (χ1v) is 3.93. The predicted octanol–water partition coefficient (Wildman–Crippen LogP) is 2.27. The quantitative estimate of drug-likeness (QED) is 0.810. The van der Waals surface area contributed by atoms with E-state index in [4.69, 9.17) is 13.7 Å². The Balaban J connectivity index is 2.81. The molecule has 0 saturated carbocycles. The number of pyridine rings is 1. The van der Waals surface area contributed by atoms with E-state index in [1.165, 1.54) is 0 Å². The van der Waals surface area contributed by atoms with Crippen molar-refractivity contribution in [2.75, 3.05) is 6.50 Å². The highest BCUT2D eigenvalue weighted by Gasteiger charge is 2.15. The Labute approximate surface area is 94.6 Å². The summed E-state index contributed by atoms with van der Waals surface area (Å²) in [5.41, 5.74) is -0.634. The first-order valence-electron chi connectivity index (χ1n) is 8.14. The Kier molecular flexibility index (Phi) is 0.751. The molecule has 12 heavy (non-hydrogen) atoms. The van der Waals surface area contributed by atoms with Crippen LogP contribution in [0.15, 0.2) is 22.9 Å². The van der Waals surface area contributed by atoms with Gasteiger partial charge < -0.3 is 5.32 Å². The van der Waals surface area contributed by atoms with Crippen LogP contribution in [0.2, 0.25) is 0 Å². The van der Waals surface area contributed by atoms with Gasteiger partial charge in [-0.3, -0.25) is 4.98 Å². The molecule has 1 N–H and O–H groups in total. The van der Waals surface area contributed by atoms with E-state index in [9.17, 15) is 0 Å². The van der Waals surface area contributed by atoms with E-state index in [0.717, 1.165) is 0 Å². The van der Waals surface area contributed by atoms with Crippen molar-refractivity contribution in [3.63, 3.8) is 0 Å². The zero-order valence-corrected chi connectivity index (χ0v) is 7.41. The van der Waals surface area contributed by atoms with Gasteiger partial charge in [0, 0.05) is 31.1 Å². The molecule has 1 saturated heterocycles. The fourth-order valence-corrected chi connectivity index (χ4v) is 1.05. The molecule has 2 nitrogen and oxygen atoms in total. The van der Waals surface area contributed by atoms with Crippen LogP contribution in [0.25, 0.3) is 0 Å². The van der Waals surface area contributed by atoms with Crippen molar-refractivity contribution in [1.82, 2.24) is 10.3 Å². The van der Waals surface area contributed by atoms with Crippen molar-refractivity contribution >= 4 is 15.9 Å². The second-order valence-corrected chi connectivity index (χ2v) is 2.82. The normalized spacial score (nSPS) is 53.8. The van der Waals surface area contributed by atoms with Crippen LogP contribution in [0.3, 0.4) is 0 Å². The molecule has 1 atom stereocenters. The summed E-state index contributed by atoms with van der Waals surface area (Å²) in [5.74, 6) is 0. The van der Waals surface area contributed by atoms with Gasteiger partial charge in [0.2, 0.25) is 0 Å². The summed E-state index contributed by atoms with van der Waals surface area (Å²) in [6, 6.07) is -3.33. The van der Waals surface area contributed by atoms with Crippen molar-refractivity contribution < 1.29 is 13.7 Å². The molecule has 0 radical (unpaired) electrons. The standard InChI is InChI=1S/C9H11BrN2/c10-8-4-7(5-11-6-8)9-2-1-3-12-9/h4-6,9,12H,1-3H2/i1D2,2D2,3D2,4D,5D,6D,9D. The minimum absolute atomic E-state index is 0.184. The zero-order valence-electron chi connectivity index (χ0n) is 15.8. The van der Waals surface area contributed by atoms with Crippen LogP contribution >= 0.6 is 15.9 Å². The molecule has 1 unspecified atom stereocenters. The molecule has 1 aliphatic heterocycles. The highest BCUT2D eigenvalue weighted by molar-refractivity contribution is 9.10. The molecular weight excluding hydrogens is 216 g/mol. The number of nitrogens with zero attached hydrogens (tertiary/aromatic N) is 1. The highest BCUT2D eigenvalue weighted by atomic mass is 79.9. The molecule has 0 amide bonds. The van der Waals surface area contributed by atoms with Crippen LogP contribution in [0.4, 0.5) is 0 Å². The van der Waals surface area contributed by atoms with E-state index in [2.05, 4.69) is 20.9 Å². The summed E-state index contributed by atoms with van der Waals surface area (Å²) in [6.45, 7) is -2.90. The second-order valence-electron chi connectivity index (χ2n) is 2.02. The van der Waals surface area contributed by atoms with Crippen LogP contribution in [-0.4, -0.2) is 11.5 Å². The first kappa shape index (κ1) is 2.55. The fraction of sp³-hybridized carbons (Fsp3) is 0.444. The van der Waals surface area contributed by atoms with E-state index in [-0.39, 0.29) is 4.47 Å². The molecular formula is C9H11BrN2. The lowest BCUT2D eigenvalue weighted by Crippen LogP contribution is -2.12. The van der Waals surface area contributed by atoms with Gasteiger partial charge in [-0.15, -0.1) is 0 Å². The van der Waals surface area contributed by atoms with Gasteiger partial charge in [-0.05, 0) is 46.8 Å². The Morgan fingerprint density at radius 3 is 3.50 bits per heavy atom. The average molecular weight is 237 g/mol. The van der Waals surface area contributed by atoms with Crippen molar-refractivity contribution in [2.24, 2.45) is 0 Å². The van der Waals surface area contributed by atoms with E-state index < -0.39 is 49.2 Å². The number of rotatable bonds is 1. The van der Waals surface area contributed by atoms with Gasteiger partial charge in [0.15, 0.2) is 0 Å². The second kappa shape index (κ2) is 3.54. The molecule has 3 heteroatoms. The van der Waals surface area contributed by atoms with Crippen LogP contribution < -0.4 is 5.32 Å². The zero-order chi connectivity index (χ0) is 17.3. The molecule has 0 aliphatic carbocycles. The Hall–Kier alpha value is -0.410. The predicted molar refractivity (Wildman–Crippen MR) is 51.9 cm³/mol. The van der Waals surface area contributed by atoms with Gasteiger partial charge >= 0.3 is 0 Å². The van der Waals surface area contributed by atoms with Gasteiger partial charge in [-0.1, -0.05) is 0 Å². The summed E-state index contributed by atoms with van der Waals surface area (Å²) in [4.78, 5) is 3.48. The molecule has 1 aliphatic rings. The highest BCUT2D eigenvalue weighted by Crippen LogP contribution is 2.23. The molecule has 2 rings (SSSR count). The van der Waals surface area contributed by atoms with Crippen LogP contribution in [0.5, 0.6) is 0 Å². The fourth-order valence-electron chi connectivity index (χ4n) is 0.761. The van der Waals surface area contributed by atoms with Crippen LogP contribution in [0, 0.1) is 0 Å². The van der Waals surface area contributed by atoms with E-state index in [1.807, 2.05) is 5.32 Å². The van der Waals surface area contributed by atoms with Crippen molar-refractivity contribution in [1.29, 1.82) is 0 Å². The molecule has 1 aromatic heterocycles. The third-order valence-corrected chi connectivity index (χ3v) is 1.62. The Morgan fingerprint density at radius 2 is 2.75 bits per heavy atom. The Bertz CT molecular complexity index is 648. The van der Waals surface area contributed by atoms with E-state index >= 15 is 0 Å². The van der Waals surface area contributed by atoms with Gasteiger partial charge in [0.05, 0.1) is 5.48 Å². The summed E-state index contributed by atoms with van der Waals surface area (Å²) in [7, 11) is 0. The molecule has 0 spiro atoms. The minimum atomic E-state index is -3.10. The maximum absolute atomic E-state index is 8.26. The molecule has 2 heterocycles. The largest absolute Gasteiger partial charge is 0.310 e. The molecule has 64 valence electrons. The van der Waals surface area contributed by atoms with Gasteiger partial charge in [-0.2, -0.15) is 0 Å². The maximum atomic E-state index is 8.26. The van der Waals surface area contributed by atoms with Crippen molar-refractivity contribution in [3.8, 4) is 0 Å². The number of halogens is 1. The summed E-state index contributed by atoms with van der Waals surface area (Å²) in [6.07, 6.45) is -7.39. The smallest absolute Gasteiger partial charge is 0.0852 e. The lowest BCUT2D eigenvalue weighted by Gasteiger charge is -2.09. The lowest BCUT2D eigenvalue weighted by atomic mass is 10.1. The third kappa shape index (κ3) is 1.67. The SMILES string of the molecule is [2H]c1nc([2H])c(C2([2H])NC([2H])([2H])C([2H])([2H])C2([2H])[2H])c([2H])c1Br.